The van der Waals surface area contributed by atoms with Gasteiger partial charge in [0.1, 0.15) is 5.75 Å². The molecule has 0 amide bonds. The number of nitrogen functional groups attached to an aromatic ring is 1. The molecule has 12 heteroatoms. The van der Waals surface area contributed by atoms with Crippen molar-refractivity contribution in [1.29, 1.82) is 0 Å². The summed E-state index contributed by atoms with van der Waals surface area (Å²) in [6.45, 7) is 0. The lowest BCUT2D eigenvalue weighted by Gasteiger charge is -1.89. The van der Waals surface area contributed by atoms with E-state index in [1.165, 1.54) is 0 Å². The standard InChI is InChI=1S/C6H7NO.2H3O4P/c7-5-1-3-6(8)4-2-5;2*1-5(2,3)4/h1-4,8H,7H2;2*(H3,1,2,3,4). The van der Waals surface area contributed by atoms with Gasteiger partial charge in [0.15, 0.2) is 0 Å². The second-order valence-electron chi connectivity index (χ2n) is 2.62. The zero-order valence-electron chi connectivity index (χ0n) is 8.73. The molecule has 10 nitrogen and oxygen atoms in total. The number of benzene rings is 1. The predicted molar refractivity (Wildman–Crippen MR) is 61.0 cm³/mol. The number of hydrogen-bond acceptors (Lipinski definition) is 4. The maximum Gasteiger partial charge on any atom is 0.466 e. The Morgan fingerprint density at radius 3 is 1.17 bits per heavy atom. The van der Waals surface area contributed by atoms with Crippen molar-refractivity contribution in [1.82, 2.24) is 0 Å². The molecule has 106 valence electrons. The van der Waals surface area contributed by atoms with Gasteiger partial charge in [0.25, 0.3) is 0 Å². The highest BCUT2D eigenvalue weighted by Crippen LogP contribution is 2.26. The number of nitrogens with two attached hydrogens (primary N) is 1. The topological polar surface area (TPSA) is 202 Å². The SMILES string of the molecule is Nc1ccc(O)cc1.O=P(O)(O)O.O=P(O)(O)O. The largest absolute Gasteiger partial charge is 0.508 e. The maximum atomic E-state index is 8.88. The van der Waals surface area contributed by atoms with Crippen molar-refractivity contribution >= 4 is 21.3 Å². The van der Waals surface area contributed by atoms with Crippen molar-refractivity contribution < 1.29 is 43.6 Å². The monoisotopic (exact) mass is 305 g/mol. The molecule has 0 aliphatic heterocycles. The Bertz CT molecular complexity index is 364. The Morgan fingerprint density at radius 1 is 0.778 bits per heavy atom. The van der Waals surface area contributed by atoms with Crippen LogP contribution in [0.15, 0.2) is 24.3 Å². The molecule has 0 saturated heterocycles. The summed E-state index contributed by atoms with van der Waals surface area (Å²) < 4.78 is 17.8. The molecule has 0 aliphatic carbocycles. The first kappa shape index (κ1) is 19.4. The molecule has 0 atom stereocenters. The Balaban J connectivity index is 0. The summed E-state index contributed by atoms with van der Waals surface area (Å²) in [7, 11) is -9.28. The average Bonchev–Trinajstić information content (AvgIpc) is 2.04. The molecule has 1 aromatic carbocycles. The van der Waals surface area contributed by atoms with Crippen LogP contribution in [0, 0.1) is 0 Å². The fraction of sp³-hybridized carbons (Fsp3) is 0. The fourth-order valence-corrected chi connectivity index (χ4v) is 0.474. The van der Waals surface area contributed by atoms with Crippen molar-refractivity contribution in [3.63, 3.8) is 0 Å². The average molecular weight is 305 g/mol. The number of phenolic OH excluding ortho intramolecular Hbond substituents is 1. The smallest absolute Gasteiger partial charge is 0.466 e. The molecule has 0 radical (unpaired) electrons. The van der Waals surface area contributed by atoms with E-state index in [2.05, 4.69) is 0 Å². The van der Waals surface area contributed by atoms with Gasteiger partial charge in [-0.05, 0) is 24.3 Å². The Kier molecular flexibility index (Phi) is 8.83. The van der Waals surface area contributed by atoms with Crippen LogP contribution in [0.3, 0.4) is 0 Å². The minimum atomic E-state index is -4.64. The molecule has 0 aliphatic rings. The van der Waals surface area contributed by atoms with Crippen LogP contribution in [-0.4, -0.2) is 34.5 Å². The summed E-state index contributed by atoms with van der Waals surface area (Å²) >= 11 is 0. The van der Waals surface area contributed by atoms with Crippen molar-refractivity contribution in [3.05, 3.63) is 24.3 Å². The van der Waals surface area contributed by atoms with Crippen LogP contribution >= 0.6 is 15.6 Å². The second-order valence-corrected chi connectivity index (χ2v) is 4.67. The summed E-state index contributed by atoms with van der Waals surface area (Å²) in [5.74, 6) is 0.249. The van der Waals surface area contributed by atoms with Crippen LogP contribution in [-0.2, 0) is 9.13 Å². The Morgan fingerprint density at radius 2 is 1.00 bits per heavy atom. The normalized spacial score (nSPS) is 10.6. The summed E-state index contributed by atoms with van der Waals surface area (Å²) in [6.07, 6.45) is 0. The van der Waals surface area contributed by atoms with E-state index in [-0.39, 0.29) is 5.75 Å². The van der Waals surface area contributed by atoms with Gasteiger partial charge in [-0.2, -0.15) is 0 Å². The molecule has 18 heavy (non-hydrogen) atoms. The zero-order valence-corrected chi connectivity index (χ0v) is 10.5. The molecule has 1 aromatic rings. The van der Waals surface area contributed by atoms with Gasteiger partial charge < -0.3 is 40.2 Å². The molecule has 1 rings (SSSR count). The third-order valence-electron chi connectivity index (χ3n) is 0.893. The van der Waals surface area contributed by atoms with E-state index >= 15 is 0 Å². The van der Waals surface area contributed by atoms with Gasteiger partial charge in [0.2, 0.25) is 0 Å². The molecule has 0 saturated carbocycles. The molecule has 0 bridgehead atoms. The van der Waals surface area contributed by atoms with E-state index in [0.29, 0.717) is 5.69 Å². The van der Waals surface area contributed by atoms with Crippen molar-refractivity contribution in [2.45, 2.75) is 0 Å². The number of anilines is 1. The maximum absolute atomic E-state index is 8.88. The van der Waals surface area contributed by atoms with Gasteiger partial charge in [-0.15, -0.1) is 0 Å². The minimum Gasteiger partial charge on any atom is -0.508 e. The molecule has 0 unspecified atom stereocenters. The highest BCUT2D eigenvalue weighted by atomic mass is 31.2. The van der Waals surface area contributed by atoms with Gasteiger partial charge in [0.05, 0.1) is 0 Å². The molecular weight excluding hydrogens is 292 g/mol. The first-order chi connectivity index (χ1) is 7.79. The first-order valence-corrected chi connectivity index (χ1v) is 7.03. The van der Waals surface area contributed by atoms with Gasteiger partial charge in [-0.25, -0.2) is 9.13 Å². The third kappa shape index (κ3) is 36.3. The lowest BCUT2D eigenvalue weighted by atomic mass is 10.3. The summed E-state index contributed by atoms with van der Waals surface area (Å²) in [4.78, 5) is 43.1. The van der Waals surface area contributed by atoms with Gasteiger partial charge in [-0.3, -0.25) is 0 Å². The molecular formula is C6H13NO9P2. The van der Waals surface area contributed by atoms with E-state index < -0.39 is 15.6 Å². The van der Waals surface area contributed by atoms with Crippen LogP contribution in [0.5, 0.6) is 5.75 Å². The van der Waals surface area contributed by atoms with Gasteiger partial charge >= 0.3 is 15.6 Å². The lowest BCUT2D eigenvalue weighted by Crippen LogP contribution is -1.80. The van der Waals surface area contributed by atoms with Crippen molar-refractivity contribution in [2.24, 2.45) is 0 Å². The number of hydrogen-bond donors (Lipinski definition) is 8. The van der Waals surface area contributed by atoms with E-state index in [1.54, 1.807) is 24.3 Å². The molecule has 0 aromatic heterocycles. The number of phenols is 1. The first-order valence-electron chi connectivity index (χ1n) is 3.90. The van der Waals surface area contributed by atoms with Crippen LogP contribution in [0.1, 0.15) is 0 Å². The third-order valence-corrected chi connectivity index (χ3v) is 0.893. The molecule has 0 heterocycles. The molecule has 0 spiro atoms. The van der Waals surface area contributed by atoms with Crippen LogP contribution in [0.4, 0.5) is 5.69 Å². The zero-order chi connectivity index (χ0) is 15.0. The number of aromatic hydroxyl groups is 1. The van der Waals surface area contributed by atoms with Crippen LogP contribution in [0.25, 0.3) is 0 Å². The molecule has 0 fully saturated rings. The highest BCUT2D eigenvalue weighted by molar-refractivity contribution is 7.45. The van der Waals surface area contributed by atoms with Gasteiger partial charge in [0, 0.05) is 5.69 Å². The van der Waals surface area contributed by atoms with E-state index in [1.807, 2.05) is 0 Å². The van der Waals surface area contributed by atoms with E-state index in [9.17, 15) is 0 Å². The summed E-state index contributed by atoms with van der Waals surface area (Å²) in [5, 5.41) is 8.70. The number of rotatable bonds is 0. The van der Waals surface area contributed by atoms with E-state index in [0.717, 1.165) is 0 Å². The summed E-state index contributed by atoms with van der Waals surface area (Å²) in [5.41, 5.74) is 5.98. The quantitative estimate of drug-likeness (QED) is 0.169. The Labute approximate surface area is 101 Å². The van der Waals surface area contributed by atoms with Crippen molar-refractivity contribution in [2.75, 3.05) is 5.73 Å². The second kappa shape index (κ2) is 8.20. The summed E-state index contributed by atoms with van der Waals surface area (Å²) in [6, 6.07) is 6.40. The minimum absolute atomic E-state index is 0.249. The Hall–Kier alpha value is -0.960. The predicted octanol–water partition coefficient (Wildman–Crippen LogP) is -0.883. The highest BCUT2D eigenvalue weighted by Gasteiger charge is 2.00. The molecule has 9 N–H and O–H groups in total. The van der Waals surface area contributed by atoms with Crippen molar-refractivity contribution in [3.8, 4) is 5.75 Å². The van der Waals surface area contributed by atoms with E-state index in [4.69, 9.17) is 49.3 Å². The van der Waals surface area contributed by atoms with Crippen LogP contribution in [0.2, 0.25) is 0 Å². The van der Waals surface area contributed by atoms with Gasteiger partial charge in [-0.1, -0.05) is 0 Å². The lowest BCUT2D eigenvalue weighted by molar-refractivity contribution is 0.272. The fourth-order valence-electron chi connectivity index (χ4n) is 0.474. The number of phosphoric acid groups is 2. The van der Waals surface area contributed by atoms with Crippen LogP contribution < -0.4 is 5.73 Å².